The summed E-state index contributed by atoms with van der Waals surface area (Å²) in [6.07, 6.45) is 1.43. The van der Waals surface area contributed by atoms with Gasteiger partial charge in [0.15, 0.2) is 0 Å². The van der Waals surface area contributed by atoms with Gasteiger partial charge in [0.2, 0.25) is 15.9 Å². The Morgan fingerprint density at radius 1 is 1.31 bits per heavy atom. The first-order valence-electron chi connectivity index (χ1n) is 8.74. The van der Waals surface area contributed by atoms with Gasteiger partial charge in [0, 0.05) is 26.2 Å². The van der Waals surface area contributed by atoms with Gasteiger partial charge in [0.25, 0.3) is 5.91 Å². The molecule has 2 rings (SSSR count). The summed E-state index contributed by atoms with van der Waals surface area (Å²) in [7, 11) is -3.49. The number of amides is 2. The zero-order valence-corrected chi connectivity index (χ0v) is 15.7. The Labute approximate surface area is 154 Å². The minimum Gasteiger partial charge on any atom is -0.355 e. The average molecular weight is 382 g/mol. The fourth-order valence-electron chi connectivity index (χ4n) is 2.88. The van der Waals surface area contributed by atoms with Crippen LogP contribution in [0.15, 0.2) is 24.3 Å². The molecule has 1 saturated heterocycles. The van der Waals surface area contributed by atoms with Crippen LogP contribution in [-0.2, 0) is 14.8 Å². The van der Waals surface area contributed by atoms with Crippen molar-refractivity contribution >= 4 is 27.5 Å². The van der Waals surface area contributed by atoms with E-state index in [0.717, 1.165) is 6.42 Å². The van der Waals surface area contributed by atoms with Crippen LogP contribution in [0.2, 0.25) is 0 Å². The molecular weight excluding hydrogens is 356 g/mol. The van der Waals surface area contributed by atoms with Crippen molar-refractivity contribution in [1.29, 1.82) is 0 Å². The minimum absolute atomic E-state index is 0.0807. The van der Waals surface area contributed by atoms with Gasteiger partial charge in [-0.25, -0.2) is 8.42 Å². The lowest BCUT2D eigenvalue weighted by Gasteiger charge is -2.32. The molecule has 1 atom stereocenters. The Kier molecular flexibility index (Phi) is 6.98. The maximum absolute atomic E-state index is 12.9. The predicted molar refractivity (Wildman–Crippen MR) is 100 cm³/mol. The second-order valence-corrected chi connectivity index (χ2v) is 8.23. The Hall–Kier alpha value is -2.13. The van der Waals surface area contributed by atoms with Gasteiger partial charge in [-0.05, 0) is 31.9 Å². The van der Waals surface area contributed by atoms with Gasteiger partial charge in [-0.3, -0.25) is 14.3 Å². The molecule has 0 bridgehead atoms. The highest BCUT2D eigenvalue weighted by Gasteiger charge is 2.29. The number of para-hydroxylation sites is 1. The lowest BCUT2D eigenvalue weighted by Crippen LogP contribution is -2.46. The molecule has 4 N–H and O–H groups in total. The molecule has 1 unspecified atom stereocenters. The van der Waals surface area contributed by atoms with Crippen molar-refractivity contribution in [3.05, 3.63) is 29.8 Å². The van der Waals surface area contributed by atoms with Gasteiger partial charge in [0.05, 0.1) is 22.9 Å². The van der Waals surface area contributed by atoms with Crippen LogP contribution in [0.5, 0.6) is 0 Å². The summed E-state index contributed by atoms with van der Waals surface area (Å²) in [4.78, 5) is 26.7. The molecule has 1 heterocycles. The standard InChI is InChI=1S/C17H26N4O4S/c1-2-26(24,25)20-15-8-4-3-7-14(15)17(23)21-11-5-6-13(12-21)16(22)19-10-9-18/h3-4,7-8,13,20H,2,5-6,9-12,18H2,1H3,(H,19,22). The summed E-state index contributed by atoms with van der Waals surface area (Å²) in [5.74, 6) is -0.745. The summed E-state index contributed by atoms with van der Waals surface area (Å²) < 4.78 is 26.2. The number of hydrogen-bond acceptors (Lipinski definition) is 5. The maximum Gasteiger partial charge on any atom is 0.256 e. The van der Waals surface area contributed by atoms with Gasteiger partial charge in [-0.1, -0.05) is 12.1 Å². The maximum atomic E-state index is 12.9. The van der Waals surface area contributed by atoms with Gasteiger partial charge < -0.3 is 16.0 Å². The van der Waals surface area contributed by atoms with Gasteiger partial charge in [-0.15, -0.1) is 0 Å². The summed E-state index contributed by atoms with van der Waals surface area (Å²) in [6, 6.07) is 6.51. The number of likely N-dealkylation sites (tertiary alicyclic amines) is 1. The Balaban J connectivity index is 2.15. The molecule has 1 aliphatic rings. The van der Waals surface area contributed by atoms with Gasteiger partial charge >= 0.3 is 0 Å². The zero-order valence-electron chi connectivity index (χ0n) is 14.9. The molecule has 2 amide bonds. The lowest BCUT2D eigenvalue weighted by molar-refractivity contribution is -0.126. The summed E-state index contributed by atoms with van der Waals surface area (Å²) in [5, 5.41) is 2.76. The Morgan fingerprint density at radius 2 is 2.04 bits per heavy atom. The minimum atomic E-state index is -3.49. The van der Waals surface area contributed by atoms with E-state index in [4.69, 9.17) is 5.73 Å². The SMILES string of the molecule is CCS(=O)(=O)Nc1ccccc1C(=O)N1CCCC(C(=O)NCCN)C1. The fraction of sp³-hybridized carbons (Fsp3) is 0.529. The van der Waals surface area contributed by atoms with E-state index < -0.39 is 10.0 Å². The molecule has 0 saturated carbocycles. The molecule has 8 nitrogen and oxygen atoms in total. The monoisotopic (exact) mass is 382 g/mol. The third-order valence-electron chi connectivity index (χ3n) is 4.33. The molecule has 0 aromatic heterocycles. The van der Waals surface area contributed by atoms with E-state index in [1.165, 1.54) is 6.92 Å². The third-order valence-corrected chi connectivity index (χ3v) is 5.62. The van der Waals surface area contributed by atoms with E-state index in [2.05, 4.69) is 10.0 Å². The molecule has 1 aromatic rings. The molecule has 9 heteroatoms. The van der Waals surface area contributed by atoms with Crippen molar-refractivity contribution in [2.24, 2.45) is 11.7 Å². The van der Waals surface area contributed by atoms with Crippen LogP contribution in [0.1, 0.15) is 30.1 Å². The lowest BCUT2D eigenvalue weighted by atomic mass is 9.96. The van der Waals surface area contributed by atoms with Crippen molar-refractivity contribution in [3.63, 3.8) is 0 Å². The smallest absolute Gasteiger partial charge is 0.256 e. The molecule has 0 radical (unpaired) electrons. The second-order valence-electron chi connectivity index (χ2n) is 6.22. The van der Waals surface area contributed by atoms with Crippen molar-refractivity contribution in [2.75, 3.05) is 36.7 Å². The Bertz CT molecular complexity index is 751. The van der Waals surface area contributed by atoms with E-state index in [1.807, 2.05) is 0 Å². The molecule has 1 aromatic carbocycles. The summed E-state index contributed by atoms with van der Waals surface area (Å²) >= 11 is 0. The van der Waals surface area contributed by atoms with Crippen molar-refractivity contribution in [1.82, 2.24) is 10.2 Å². The number of hydrogen-bond donors (Lipinski definition) is 3. The molecule has 144 valence electrons. The van der Waals surface area contributed by atoms with Crippen molar-refractivity contribution < 1.29 is 18.0 Å². The molecule has 26 heavy (non-hydrogen) atoms. The number of carbonyl (C=O) groups is 2. The summed E-state index contributed by atoms with van der Waals surface area (Å²) in [5.41, 5.74) is 5.94. The molecule has 1 fully saturated rings. The van der Waals surface area contributed by atoms with Crippen LogP contribution in [0.3, 0.4) is 0 Å². The van der Waals surface area contributed by atoms with Crippen LogP contribution in [0.25, 0.3) is 0 Å². The van der Waals surface area contributed by atoms with Gasteiger partial charge in [0.1, 0.15) is 0 Å². The average Bonchev–Trinajstić information content (AvgIpc) is 2.65. The quantitative estimate of drug-likeness (QED) is 0.629. The summed E-state index contributed by atoms with van der Waals surface area (Å²) in [6.45, 7) is 3.15. The molecular formula is C17H26N4O4S. The topological polar surface area (TPSA) is 122 Å². The number of nitrogens with two attached hydrogens (primary N) is 1. The first-order chi connectivity index (χ1) is 12.4. The number of sulfonamides is 1. The van der Waals surface area contributed by atoms with Crippen LogP contribution in [0, 0.1) is 5.92 Å². The van der Waals surface area contributed by atoms with E-state index in [9.17, 15) is 18.0 Å². The third kappa shape index (κ3) is 5.18. The van der Waals surface area contributed by atoms with Crippen LogP contribution >= 0.6 is 0 Å². The number of rotatable bonds is 7. The van der Waals surface area contributed by atoms with Crippen LogP contribution in [0.4, 0.5) is 5.69 Å². The predicted octanol–water partition coefficient (Wildman–Crippen LogP) is 0.375. The highest BCUT2D eigenvalue weighted by molar-refractivity contribution is 7.92. The van der Waals surface area contributed by atoms with E-state index >= 15 is 0 Å². The van der Waals surface area contributed by atoms with E-state index in [0.29, 0.717) is 32.6 Å². The normalized spacial score (nSPS) is 17.6. The highest BCUT2D eigenvalue weighted by atomic mass is 32.2. The number of nitrogens with one attached hydrogen (secondary N) is 2. The highest BCUT2D eigenvalue weighted by Crippen LogP contribution is 2.23. The van der Waals surface area contributed by atoms with Crippen molar-refractivity contribution in [3.8, 4) is 0 Å². The first kappa shape index (κ1) is 20.2. The number of benzene rings is 1. The second kappa shape index (κ2) is 9.00. The number of piperidine rings is 1. The molecule has 0 aliphatic carbocycles. The number of anilines is 1. The molecule has 0 spiro atoms. The largest absolute Gasteiger partial charge is 0.355 e. The van der Waals surface area contributed by atoms with E-state index in [1.54, 1.807) is 29.2 Å². The number of carbonyl (C=O) groups excluding carboxylic acids is 2. The van der Waals surface area contributed by atoms with Crippen LogP contribution in [-0.4, -0.2) is 57.1 Å². The Morgan fingerprint density at radius 3 is 2.73 bits per heavy atom. The van der Waals surface area contributed by atoms with Gasteiger partial charge in [-0.2, -0.15) is 0 Å². The van der Waals surface area contributed by atoms with Crippen LogP contribution < -0.4 is 15.8 Å². The van der Waals surface area contributed by atoms with E-state index in [-0.39, 0.29) is 34.7 Å². The zero-order chi connectivity index (χ0) is 19.2. The molecule has 1 aliphatic heterocycles. The fourth-order valence-corrected chi connectivity index (χ4v) is 3.54. The first-order valence-corrected chi connectivity index (χ1v) is 10.4. The van der Waals surface area contributed by atoms with Crippen molar-refractivity contribution in [2.45, 2.75) is 19.8 Å². The number of nitrogens with zero attached hydrogens (tertiary/aromatic N) is 1.